The molecule has 0 aromatic rings. The van der Waals surface area contributed by atoms with Gasteiger partial charge in [-0.2, -0.15) is 0 Å². The van der Waals surface area contributed by atoms with Crippen LogP contribution in [0.5, 0.6) is 0 Å². The molecule has 0 amide bonds. The number of carboxylic acids is 1. The van der Waals surface area contributed by atoms with Crippen molar-refractivity contribution >= 4 is 5.97 Å². The fraction of sp³-hybridized carbons (Fsp3) is 0.900. The van der Waals surface area contributed by atoms with Crippen LogP contribution < -0.4 is 5.32 Å². The summed E-state index contributed by atoms with van der Waals surface area (Å²) in [5, 5.41) is 11.8. The predicted octanol–water partition coefficient (Wildman–Crippen LogP) is 1.63. The third kappa shape index (κ3) is 3.35. The van der Waals surface area contributed by atoms with Gasteiger partial charge in [-0.05, 0) is 26.2 Å². The van der Waals surface area contributed by atoms with Gasteiger partial charge >= 0.3 is 5.97 Å². The average Bonchev–Trinajstić information content (AvgIpc) is 1.96. The zero-order valence-corrected chi connectivity index (χ0v) is 8.42. The molecular formula is C10H19NO2. The highest BCUT2D eigenvalue weighted by atomic mass is 16.4. The van der Waals surface area contributed by atoms with Crippen molar-refractivity contribution in [2.24, 2.45) is 5.92 Å². The molecule has 2 atom stereocenters. The molecule has 0 saturated heterocycles. The van der Waals surface area contributed by atoms with E-state index in [-0.39, 0.29) is 0 Å². The lowest BCUT2D eigenvalue weighted by molar-refractivity contribution is -0.139. The van der Waals surface area contributed by atoms with Gasteiger partial charge in [-0.3, -0.25) is 4.79 Å². The normalized spacial score (nSPS) is 22.0. The summed E-state index contributed by atoms with van der Waals surface area (Å²) in [6.07, 6.45) is 5.13. The van der Waals surface area contributed by atoms with Gasteiger partial charge in [0.2, 0.25) is 0 Å². The predicted molar refractivity (Wildman–Crippen MR) is 51.7 cm³/mol. The van der Waals surface area contributed by atoms with E-state index in [1.165, 1.54) is 19.3 Å². The highest BCUT2D eigenvalue weighted by Crippen LogP contribution is 2.30. The smallest absolute Gasteiger partial charge is 0.320 e. The Kier molecular flexibility index (Phi) is 3.72. The second-order valence-electron chi connectivity index (χ2n) is 4.16. The Hall–Kier alpha value is -0.570. The standard InChI is InChI=1S/C10H19NO2/c1-7(6-9-4-3-5-9)11-8(2)10(12)13/h7-9,11H,3-6H2,1-2H3,(H,12,13). The minimum absolute atomic E-state index is 0.330. The van der Waals surface area contributed by atoms with Gasteiger partial charge in [0.15, 0.2) is 0 Å². The Balaban J connectivity index is 2.15. The van der Waals surface area contributed by atoms with Gasteiger partial charge in [0, 0.05) is 6.04 Å². The molecule has 0 aliphatic heterocycles. The molecule has 1 aliphatic rings. The summed E-state index contributed by atoms with van der Waals surface area (Å²) in [6.45, 7) is 3.76. The number of hydrogen-bond acceptors (Lipinski definition) is 2. The van der Waals surface area contributed by atoms with E-state index in [9.17, 15) is 4.79 Å². The summed E-state index contributed by atoms with van der Waals surface area (Å²) in [7, 11) is 0. The lowest BCUT2D eigenvalue weighted by Crippen LogP contribution is -2.41. The van der Waals surface area contributed by atoms with Crippen molar-refractivity contribution in [1.29, 1.82) is 0 Å². The van der Waals surface area contributed by atoms with Crippen LogP contribution in [0.2, 0.25) is 0 Å². The Labute approximate surface area is 79.5 Å². The van der Waals surface area contributed by atoms with Crippen LogP contribution in [-0.4, -0.2) is 23.2 Å². The van der Waals surface area contributed by atoms with Crippen molar-refractivity contribution in [3.8, 4) is 0 Å². The van der Waals surface area contributed by atoms with Crippen LogP contribution in [0.3, 0.4) is 0 Å². The van der Waals surface area contributed by atoms with Gasteiger partial charge in [0.25, 0.3) is 0 Å². The monoisotopic (exact) mass is 185 g/mol. The fourth-order valence-corrected chi connectivity index (χ4v) is 1.79. The molecule has 2 unspecified atom stereocenters. The Bertz CT molecular complexity index is 178. The lowest BCUT2D eigenvalue weighted by Gasteiger charge is -2.29. The van der Waals surface area contributed by atoms with Crippen molar-refractivity contribution in [2.45, 2.75) is 51.6 Å². The van der Waals surface area contributed by atoms with Gasteiger partial charge in [-0.15, -0.1) is 0 Å². The van der Waals surface area contributed by atoms with Crippen LogP contribution in [0.4, 0.5) is 0 Å². The molecule has 0 heterocycles. The van der Waals surface area contributed by atoms with E-state index in [0.29, 0.717) is 6.04 Å². The molecule has 0 aromatic heterocycles. The highest BCUT2D eigenvalue weighted by molar-refractivity contribution is 5.72. The van der Waals surface area contributed by atoms with Crippen molar-refractivity contribution in [3.05, 3.63) is 0 Å². The second kappa shape index (κ2) is 4.61. The largest absolute Gasteiger partial charge is 0.480 e. The minimum Gasteiger partial charge on any atom is -0.480 e. The van der Waals surface area contributed by atoms with Crippen molar-refractivity contribution in [2.75, 3.05) is 0 Å². The number of rotatable bonds is 5. The molecule has 13 heavy (non-hydrogen) atoms. The van der Waals surface area contributed by atoms with Gasteiger partial charge in [-0.25, -0.2) is 0 Å². The maximum atomic E-state index is 10.5. The SMILES string of the molecule is CC(CC1CCC1)NC(C)C(=O)O. The third-order valence-corrected chi connectivity index (χ3v) is 2.82. The van der Waals surface area contributed by atoms with E-state index in [2.05, 4.69) is 12.2 Å². The van der Waals surface area contributed by atoms with E-state index in [0.717, 1.165) is 12.3 Å². The second-order valence-corrected chi connectivity index (χ2v) is 4.16. The lowest BCUT2D eigenvalue weighted by atomic mass is 9.81. The van der Waals surface area contributed by atoms with Crippen molar-refractivity contribution in [1.82, 2.24) is 5.32 Å². The van der Waals surface area contributed by atoms with Crippen LogP contribution >= 0.6 is 0 Å². The van der Waals surface area contributed by atoms with Crippen LogP contribution in [0.1, 0.15) is 39.5 Å². The van der Waals surface area contributed by atoms with Crippen LogP contribution in [-0.2, 0) is 4.79 Å². The van der Waals surface area contributed by atoms with E-state index >= 15 is 0 Å². The topological polar surface area (TPSA) is 49.3 Å². The Morgan fingerprint density at radius 1 is 1.54 bits per heavy atom. The molecule has 0 spiro atoms. The first-order chi connectivity index (χ1) is 6.09. The fourth-order valence-electron chi connectivity index (χ4n) is 1.79. The van der Waals surface area contributed by atoms with Crippen molar-refractivity contribution in [3.63, 3.8) is 0 Å². The summed E-state index contributed by atoms with van der Waals surface area (Å²) in [6, 6.07) is -0.0912. The van der Waals surface area contributed by atoms with Crippen LogP contribution in [0, 0.1) is 5.92 Å². The quantitative estimate of drug-likeness (QED) is 0.684. The Morgan fingerprint density at radius 3 is 2.54 bits per heavy atom. The van der Waals surface area contributed by atoms with Gasteiger partial charge in [0.05, 0.1) is 0 Å². The molecule has 1 aliphatic carbocycles. The number of hydrogen-bond donors (Lipinski definition) is 2. The summed E-state index contributed by atoms with van der Waals surface area (Å²) >= 11 is 0. The van der Waals surface area contributed by atoms with Crippen molar-refractivity contribution < 1.29 is 9.90 Å². The molecule has 3 heteroatoms. The zero-order chi connectivity index (χ0) is 9.84. The number of carboxylic acid groups (broad SMARTS) is 1. The van der Waals surface area contributed by atoms with Gasteiger partial charge in [0.1, 0.15) is 6.04 Å². The van der Waals surface area contributed by atoms with Gasteiger partial charge in [-0.1, -0.05) is 19.3 Å². The van der Waals surface area contributed by atoms with E-state index in [1.807, 2.05) is 0 Å². The zero-order valence-electron chi connectivity index (χ0n) is 8.42. The molecule has 3 nitrogen and oxygen atoms in total. The maximum absolute atomic E-state index is 10.5. The maximum Gasteiger partial charge on any atom is 0.320 e. The van der Waals surface area contributed by atoms with Crippen LogP contribution in [0.15, 0.2) is 0 Å². The average molecular weight is 185 g/mol. The first kappa shape index (κ1) is 10.5. The first-order valence-corrected chi connectivity index (χ1v) is 5.08. The molecule has 1 saturated carbocycles. The molecule has 2 N–H and O–H groups in total. The summed E-state index contributed by atoms with van der Waals surface area (Å²) in [5.41, 5.74) is 0. The highest BCUT2D eigenvalue weighted by Gasteiger charge is 2.21. The number of nitrogens with one attached hydrogen (secondary N) is 1. The number of aliphatic carboxylic acids is 1. The van der Waals surface area contributed by atoms with E-state index < -0.39 is 12.0 Å². The van der Waals surface area contributed by atoms with E-state index in [1.54, 1.807) is 6.92 Å². The minimum atomic E-state index is -0.763. The third-order valence-electron chi connectivity index (χ3n) is 2.82. The summed E-state index contributed by atoms with van der Waals surface area (Å²) in [4.78, 5) is 10.5. The van der Waals surface area contributed by atoms with E-state index in [4.69, 9.17) is 5.11 Å². The summed E-state index contributed by atoms with van der Waals surface area (Å²) in [5.74, 6) is 0.0731. The molecular weight excluding hydrogens is 166 g/mol. The Morgan fingerprint density at radius 2 is 2.15 bits per heavy atom. The molecule has 0 radical (unpaired) electrons. The summed E-state index contributed by atoms with van der Waals surface area (Å²) < 4.78 is 0. The molecule has 1 rings (SSSR count). The molecule has 0 bridgehead atoms. The number of carbonyl (C=O) groups is 1. The first-order valence-electron chi connectivity index (χ1n) is 5.08. The van der Waals surface area contributed by atoms with Gasteiger partial charge < -0.3 is 10.4 Å². The van der Waals surface area contributed by atoms with Crippen LogP contribution in [0.25, 0.3) is 0 Å². The molecule has 76 valence electrons. The molecule has 0 aromatic carbocycles. The molecule has 1 fully saturated rings.